The Morgan fingerprint density at radius 3 is 2.71 bits per heavy atom. The Morgan fingerprint density at radius 2 is 2.14 bits per heavy atom. The minimum atomic E-state index is -0.0695. The Kier molecular flexibility index (Phi) is 3.92. The first kappa shape index (κ1) is 11.0. The number of anilines is 1. The average molecular weight is 194 g/mol. The molecule has 1 rings (SSSR count). The zero-order chi connectivity index (χ0) is 10.6. The molecular weight excluding hydrogens is 176 g/mol. The predicted octanol–water partition coefficient (Wildman–Crippen LogP) is 1.13. The second-order valence-corrected chi connectivity index (χ2v) is 3.61. The van der Waals surface area contributed by atoms with E-state index < -0.39 is 0 Å². The Balaban J connectivity index is 2.82. The summed E-state index contributed by atoms with van der Waals surface area (Å²) < 4.78 is 0. The summed E-state index contributed by atoms with van der Waals surface area (Å²) in [5.74, 6) is 0. The van der Waals surface area contributed by atoms with Crippen LogP contribution in [0.4, 0.5) is 5.69 Å². The highest BCUT2D eigenvalue weighted by Crippen LogP contribution is 2.19. The fourth-order valence-corrected chi connectivity index (χ4v) is 1.34. The van der Waals surface area contributed by atoms with Crippen LogP contribution in [0.1, 0.15) is 18.0 Å². The lowest BCUT2D eigenvalue weighted by Crippen LogP contribution is -2.14. The van der Waals surface area contributed by atoms with E-state index in [2.05, 4.69) is 6.07 Å². The highest BCUT2D eigenvalue weighted by molar-refractivity contribution is 5.47. The van der Waals surface area contributed by atoms with Crippen LogP contribution in [0.25, 0.3) is 0 Å². The molecule has 0 radical (unpaired) electrons. The molecule has 1 atom stereocenters. The standard InChI is InChI=1S/C11H18N2O/c1-13(2)10-5-3-4-9(8-10)11(12)6-7-14/h3-5,8,11,14H,6-7,12H2,1-2H3. The van der Waals surface area contributed by atoms with Crippen molar-refractivity contribution in [3.05, 3.63) is 29.8 Å². The molecule has 3 N–H and O–H groups in total. The lowest BCUT2D eigenvalue weighted by Gasteiger charge is -2.16. The zero-order valence-electron chi connectivity index (χ0n) is 8.77. The molecule has 0 aliphatic rings. The summed E-state index contributed by atoms with van der Waals surface area (Å²) in [5.41, 5.74) is 8.11. The van der Waals surface area contributed by atoms with Gasteiger partial charge in [-0.3, -0.25) is 0 Å². The summed E-state index contributed by atoms with van der Waals surface area (Å²) in [6.45, 7) is 0.132. The number of hydrogen-bond acceptors (Lipinski definition) is 3. The lowest BCUT2D eigenvalue weighted by molar-refractivity contribution is 0.276. The zero-order valence-corrected chi connectivity index (χ0v) is 8.77. The van der Waals surface area contributed by atoms with E-state index in [1.165, 1.54) is 0 Å². The average Bonchev–Trinajstić information content (AvgIpc) is 2.18. The molecule has 1 aromatic rings. The van der Waals surface area contributed by atoms with Gasteiger partial charge in [-0.15, -0.1) is 0 Å². The van der Waals surface area contributed by atoms with Crippen molar-refractivity contribution in [1.29, 1.82) is 0 Å². The van der Waals surface area contributed by atoms with Crippen molar-refractivity contribution in [2.75, 3.05) is 25.6 Å². The third-order valence-corrected chi connectivity index (χ3v) is 2.25. The molecule has 0 amide bonds. The summed E-state index contributed by atoms with van der Waals surface area (Å²) in [6, 6.07) is 8.00. The van der Waals surface area contributed by atoms with E-state index in [4.69, 9.17) is 10.8 Å². The van der Waals surface area contributed by atoms with E-state index in [1.54, 1.807) is 0 Å². The van der Waals surface area contributed by atoms with Gasteiger partial charge in [0.1, 0.15) is 0 Å². The largest absolute Gasteiger partial charge is 0.396 e. The number of hydrogen-bond donors (Lipinski definition) is 2. The number of aliphatic hydroxyl groups excluding tert-OH is 1. The molecule has 0 bridgehead atoms. The Morgan fingerprint density at radius 1 is 1.43 bits per heavy atom. The number of aliphatic hydroxyl groups is 1. The SMILES string of the molecule is CN(C)c1cccc(C(N)CCO)c1. The minimum absolute atomic E-state index is 0.0695. The smallest absolute Gasteiger partial charge is 0.0449 e. The van der Waals surface area contributed by atoms with Gasteiger partial charge in [0, 0.05) is 32.4 Å². The van der Waals surface area contributed by atoms with Gasteiger partial charge >= 0.3 is 0 Å². The third kappa shape index (κ3) is 2.72. The van der Waals surface area contributed by atoms with Gasteiger partial charge in [-0.25, -0.2) is 0 Å². The summed E-state index contributed by atoms with van der Waals surface area (Å²) in [7, 11) is 3.99. The van der Waals surface area contributed by atoms with Gasteiger partial charge in [0.15, 0.2) is 0 Å². The summed E-state index contributed by atoms with van der Waals surface area (Å²) in [5, 5.41) is 8.79. The molecule has 0 spiro atoms. The topological polar surface area (TPSA) is 49.5 Å². The molecule has 0 aliphatic heterocycles. The van der Waals surface area contributed by atoms with Crippen LogP contribution in [0.3, 0.4) is 0 Å². The predicted molar refractivity (Wildman–Crippen MR) is 59.4 cm³/mol. The third-order valence-electron chi connectivity index (χ3n) is 2.25. The van der Waals surface area contributed by atoms with E-state index >= 15 is 0 Å². The fourth-order valence-electron chi connectivity index (χ4n) is 1.34. The highest BCUT2D eigenvalue weighted by atomic mass is 16.3. The first-order valence-corrected chi connectivity index (χ1v) is 4.79. The summed E-state index contributed by atoms with van der Waals surface area (Å²) in [6.07, 6.45) is 0.608. The van der Waals surface area contributed by atoms with Crippen molar-refractivity contribution < 1.29 is 5.11 Å². The first-order chi connectivity index (χ1) is 6.65. The molecular formula is C11H18N2O. The number of rotatable bonds is 4. The fraction of sp³-hybridized carbons (Fsp3) is 0.455. The monoisotopic (exact) mass is 194 g/mol. The van der Waals surface area contributed by atoms with Gasteiger partial charge < -0.3 is 15.7 Å². The van der Waals surface area contributed by atoms with E-state index in [1.807, 2.05) is 37.2 Å². The van der Waals surface area contributed by atoms with Crippen molar-refractivity contribution >= 4 is 5.69 Å². The van der Waals surface area contributed by atoms with Crippen LogP contribution in [0, 0.1) is 0 Å². The van der Waals surface area contributed by atoms with Crippen molar-refractivity contribution in [3.8, 4) is 0 Å². The van der Waals surface area contributed by atoms with Crippen molar-refractivity contribution in [2.24, 2.45) is 5.73 Å². The van der Waals surface area contributed by atoms with E-state index in [-0.39, 0.29) is 12.6 Å². The van der Waals surface area contributed by atoms with Crippen LogP contribution >= 0.6 is 0 Å². The van der Waals surface area contributed by atoms with Gasteiger partial charge in [-0.1, -0.05) is 12.1 Å². The van der Waals surface area contributed by atoms with Gasteiger partial charge in [0.05, 0.1) is 0 Å². The molecule has 1 aromatic carbocycles. The van der Waals surface area contributed by atoms with Crippen LogP contribution in [-0.2, 0) is 0 Å². The van der Waals surface area contributed by atoms with Crippen molar-refractivity contribution in [1.82, 2.24) is 0 Å². The van der Waals surface area contributed by atoms with Crippen LogP contribution in [0.2, 0.25) is 0 Å². The van der Waals surface area contributed by atoms with Crippen LogP contribution < -0.4 is 10.6 Å². The van der Waals surface area contributed by atoms with Gasteiger partial charge in [-0.2, -0.15) is 0 Å². The summed E-state index contributed by atoms with van der Waals surface area (Å²) in [4.78, 5) is 2.04. The second kappa shape index (κ2) is 4.98. The maximum Gasteiger partial charge on any atom is 0.0449 e. The maximum absolute atomic E-state index is 8.79. The Bertz CT molecular complexity index is 286. The van der Waals surface area contributed by atoms with Gasteiger partial charge in [0.2, 0.25) is 0 Å². The van der Waals surface area contributed by atoms with E-state index in [0.717, 1.165) is 11.3 Å². The molecule has 0 saturated heterocycles. The number of nitrogens with two attached hydrogens (primary N) is 1. The van der Waals surface area contributed by atoms with Crippen molar-refractivity contribution in [3.63, 3.8) is 0 Å². The maximum atomic E-state index is 8.79. The van der Waals surface area contributed by atoms with Gasteiger partial charge in [0.25, 0.3) is 0 Å². The first-order valence-electron chi connectivity index (χ1n) is 4.79. The highest BCUT2D eigenvalue weighted by Gasteiger charge is 2.05. The quantitative estimate of drug-likeness (QED) is 0.755. The molecule has 3 nitrogen and oxygen atoms in total. The molecule has 1 unspecified atom stereocenters. The second-order valence-electron chi connectivity index (χ2n) is 3.61. The normalized spacial score (nSPS) is 12.6. The van der Waals surface area contributed by atoms with Crippen LogP contribution in [0.15, 0.2) is 24.3 Å². The number of nitrogens with zero attached hydrogens (tertiary/aromatic N) is 1. The minimum Gasteiger partial charge on any atom is -0.396 e. The molecule has 14 heavy (non-hydrogen) atoms. The summed E-state index contributed by atoms with van der Waals surface area (Å²) >= 11 is 0. The lowest BCUT2D eigenvalue weighted by atomic mass is 10.0. The van der Waals surface area contributed by atoms with Crippen LogP contribution in [-0.4, -0.2) is 25.8 Å². The molecule has 0 heterocycles. The van der Waals surface area contributed by atoms with E-state index in [9.17, 15) is 0 Å². The molecule has 0 aliphatic carbocycles. The van der Waals surface area contributed by atoms with Crippen molar-refractivity contribution in [2.45, 2.75) is 12.5 Å². The molecule has 0 saturated carbocycles. The molecule has 0 aromatic heterocycles. The Labute approximate surface area is 85.2 Å². The molecule has 78 valence electrons. The number of benzene rings is 1. The van der Waals surface area contributed by atoms with E-state index in [0.29, 0.717) is 6.42 Å². The molecule has 0 fully saturated rings. The van der Waals surface area contributed by atoms with Crippen LogP contribution in [0.5, 0.6) is 0 Å². The Hall–Kier alpha value is -1.06. The molecule has 3 heteroatoms. The van der Waals surface area contributed by atoms with Gasteiger partial charge in [-0.05, 0) is 24.1 Å².